The summed E-state index contributed by atoms with van der Waals surface area (Å²) in [5.41, 5.74) is 2.79. The smallest absolute Gasteiger partial charge is 0.252 e. The summed E-state index contributed by atoms with van der Waals surface area (Å²) >= 11 is 0. The Morgan fingerprint density at radius 1 is 1.12 bits per heavy atom. The molecular formula is C20H22N2O2. The molecule has 3 N–H and O–H groups in total. The molecule has 24 heavy (non-hydrogen) atoms. The molecule has 1 aromatic heterocycles. The van der Waals surface area contributed by atoms with Crippen molar-refractivity contribution in [2.45, 2.75) is 32.4 Å². The van der Waals surface area contributed by atoms with E-state index in [4.69, 9.17) is 0 Å². The minimum Gasteiger partial charge on any atom is -0.508 e. The Kier molecular flexibility index (Phi) is 4.96. The van der Waals surface area contributed by atoms with Crippen molar-refractivity contribution in [3.8, 4) is 5.75 Å². The third kappa shape index (κ3) is 4.03. The van der Waals surface area contributed by atoms with Crippen LogP contribution >= 0.6 is 0 Å². The van der Waals surface area contributed by atoms with Crippen molar-refractivity contribution in [1.29, 1.82) is 0 Å². The van der Waals surface area contributed by atoms with E-state index in [0.717, 1.165) is 29.3 Å². The van der Waals surface area contributed by atoms with Crippen LogP contribution in [0.3, 0.4) is 0 Å². The number of benzene rings is 2. The highest BCUT2D eigenvalue weighted by Crippen LogP contribution is 2.13. The fourth-order valence-electron chi connectivity index (χ4n) is 2.76. The third-order valence-electron chi connectivity index (χ3n) is 4.27. The highest BCUT2D eigenvalue weighted by molar-refractivity contribution is 5.78. The Morgan fingerprint density at radius 2 is 1.88 bits per heavy atom. The number of phenols is 1. The minimum atomic E-state index is -0.0352. The Labute approximate surface area is 141 Å². The van der Waals surface area contributed by atoms with E-state index in [1.165, 1.54) is 5.56 Å². The van der Waals surface area contributed by atoms with Crippen molar-refractivity contribution in [2.75, 3.05) is 0 Å². The van der Waals surface area contributed by atoms with Gasteiger partial charge in [-0.05, 0) is 55.0 Å². The van der Waals surface area contributed by atoms with Gasteiger partial charge in [0.05, 0.1) is 0 Å². The molecule has 0 bridgehead atoms. The normalized spacial score (nSPS) is 12.4. The Balaban J connectivity index is 1.57. The number of rotatable bonds is 6. The maximum absolute atomic E-state index is 12.1. The number of aromatic amines is 1. The van der Waals surface area contributed by atoms with Crippen LogP contribution in [0.1, 0.15) is 24.5 Å². The predicted molar refractivity (Wildman–Crippen MR) is 97.3 cm³/mol. The summed E-state index contributed by atoms with van der Waals surface area (Å²) in [6.07, 6.45) is 1.90. The van der Waals surface area contributed by atoms with E-state index in [1.807, 2.05) is 42.5 Å². The molecule has 0 amide bonds. The summed E-state index contributed by atoms with van der Waals surface area (Å²) in [5, 5.41) is 13.8. The lowest BCUT2D eigenvalue weighted by atomic mass is 10.1. The highest BCUT2D eigenvalue weighted by atomic mass is 16.3. The van der Waals surface area contributed by atoms with Gasteiger partial charge < -0.3 is 15.4 Å². The zero-order valence-corrected chi connectivity index (χ0v) is 13.8. The fraction of sp³-hybridized carbons (Fsp3) is 0.250. The lowest BCUT2D eigenvalue weighted by Gasteiger charge is -2.14. The topological polar surface area (TPSA) is 65.1 Å². The molecule has 0 aliphatic rings. The lowest BCUT2D eigenvalue weighted by molar-refractivity contribution is 0.474. The molecule has 1 unspecified atom stereocenters. The first-order valence-electron chi connectivity index (χ1n) is 8.24. The summed E-state index contributed by atoms with van der Waals surface area (Å²) < 4.78 is 0. The maximum atomic E-state index is 12.1. The monoisotopic (exact) mass is 322 g/mol. The van der Waals surface area contributed by atoms with Crippen LogP contribution in [-0.4, -0.2) is 16.1 Å². The second-order valence-corrected chi connectivity index (χ2v) is 6.20. The second kappa shape index (κ2) is 7.32. The van der Waals surface area contributed by atoms with Crippen molar-refractivity contribution in [3.05, 3.63) is 76.1 Å². The van der Waals surface area contributed by atoms with Gasteiger partial charge in [-0.2, -0.15) is 0 Å². The first kappa shape index (κ1) is 16.3. The van der Waals surface area contributed by atoms with Crippen LogP contribution in [-0.2, 0) is 13.0 Å². The van der Waals surface area contributed by atoms with Crippen LogP contribution in [0.5, 0.6) is 5.75 Å². The van der Waals surface area contributed by atoms with Gasteiger partial charge in [0.15, 0.2) is 0 Å². The molecule has 2 aromatic carbocycles. The van der Waals surface area contributed by atoms with E-state index in [2.05, 4.69) is 17.2 Å². The minimum absolute atomic E-state index is 0.0352. The number of aromatic hydroxyl groups is 1. The number of para-hydroxylation sites is 1. The quantitative estimate of drug-likeness (QED) is 0.652. The van der Waals surface area contributed by atoms with Gasteiger partial charge in [0.1, 0.15) is 5.75 Å². The molecule has 0 aliphatic heterocycles. The summed E-state index contributed by atoms with van der Waals surface area (Å²) in [4.78, 5) is 15.1. The van der Waals surface area contributed by atoms with Crippen LogP contribution in [0, 0.1) is 0 Å². The largest absolute Gasteiger partial charge is 0.508 e. The second-order valence-electron chi connectivity index (χ2n) is 6.20. The van der Waals surface area contributed by atoms with Gasteiger partial charge in [-0.3, -0.25) is 4.79 Å². The summed E-state index contributed by atoms with van der Waals surface area (Å²) in [7, 11) is 0. The molecular weight excluding hydrogens is 300 g/mol. The Bertz CT molecular complexity index is 869. The van der Waals surface area contributed by atoms with E-state index in [-0.39, 0.29) is 5.56 Å². The van der Waals surface area contributed by atoms with Gasteiger partial charge in [-0.15, -0.1) is 0 Å². The van der Waals surface area contributed by atoms with Crippen LogP contribution in [0.2, 0.25) is 0 Å². The first-order valence-corrected chi connectivity index (χ1v) is 8.24. The first-order chi connectivity index (χ1) is 11.6. The zero-order valence-electron chi connectivity index (χ0n) is 13.8. The summed E-state index contributed by atoms with van der Waals surface area (Å²) in [6, 6.07) is 17.4. The molecule has 124 valence electrons. The van der Waals surface area contributed by atoms with Crippen LogP contribution < -0.4 is 10.9 Å². The number of phenolic OH excluding ortho intramolecular Hbond substituents is 1. The average Bonchev–Trinajstić information content (AvgIpc) is 2.59. The van der Waals surface area contributed by atoms with Crippen LogP contribution in [0.15, 0.2) is 59.4 Å². The number of nitrogens with one attached hydrogen (secondary N) is 2. The zero-order chi connectivity index (χ0) is 16.9. The van der Waals surface area contributed by atoms with E-state index in [9.17, 15) is 9.90 Å². The molecule has 1 heterocycles. The van der Waals surface area contributed by atoms with Crippen molar-refractivity contribution < 1.29 is 5.11 Å². The molecule has 3 aromatic rings. The van der Waals surface area contributed by atoms with Crippen molar-refractivity contribution in [3.63, 3.8) is 0 Å². The SMILES string of the molecule is CC(CCc1ccc(O)cc1)NCc1cc2ccccc2[nH]c1=O. The van der Waals surface area contributed by atoms with Crippen LogP contribution in [0.25, 0.3) is 10.9 Å². The van der Waals surface area contributed by atoms with Crippen molar-refractivity contribution >= 4 is 10.9 Å². The third-order valence-corrected chi connectivity index (χ3v) is 4.27. The molecule has 4 nitrogen and oxygen atoms in total. The molecule has 0 radical (unpaired) electrons. The number of aromatic nitrogens is 1. The molecule has 0 aliphatic carbocycles. The molecule has 0 saturated carbocycles. The van der Waals surface area contributed by atoms with Gasteiger partial charge in [0.25, 0.3) is 5.56 Å². The molecule has 0 spiro atoms. The molecule has 0 saturated heterocycles. The number of hydrogen-bond acceptors (Lipinski definition) is 3. The average molecular weight is 322 g/mol. The number of H-pyrrole nitrogens is 1. The fourth-order valence-corrected chi connectivity index (χ4v) is 2.76. The molecule has 3 rings (SSSR count). The molecule has 4 heteroatoms. The Hall–Kier alpha value is -2.59. The maximum Gasteiger partial charge on any atom is 0.252 e. The molecule has 1 atom stereocenters. The number of pyridine rings is 1. The summed E-state index contributed by atoms with van der Waals surface area (Å²) in [6.45, 7) is 2.67. The highest BCUT2D eigenvalue weighted by Gasteiger charge is 2.06. The standard InChI is InChI=1S/C20H22N2O2/c1-14(6-7-15-8-10-18(23)11-9-15)21-13-17-12-16-4-2-3-5-19(16)22-20(17)24/h2-5,8-12,14,21,23H,6-7,13H2,1H3,(H,22,24). The van der Waals surface area contributed by atoms with Gasteiger partial charge in [0, 0.05) is 23.7 Å². The van der Waals surface area contributed by atoms with E-state index < -0.39 is 0 Å². The number of aryl methyl sites for hydroxylation is 1. The predicted octanol–water partition coefficient (Wildman–Crippen LogP) is 3.34. The number of hydrogen-bond donors (Lipinski definition) is 3. The van der Waals surface area contributed by atoms with Gasteiger partial charge >= 0.3 is 0 Å². The lowest BCUT2D eigenvalue weighted by Crippen LogP contribution is -2.29. The van der Waals surface area contributed by atoms with E-state index in [0.29, 0.717) is 18.3 Å². The van der Waals surface area contributed by atoms with Crippen molar-refractivity contribution in [1.82, 2.24) is 10.3 Å². The van der Waals surface area contributed by atoms with Crippen LogP contribution in [0.4, 0.5) is 0 Å². The summed E-state index contributed by atoms with van der Waals surface area (Å²) in [5.74, 6) is 0.292. The van der Waals surface area contributed by atoms with E-state index >= 15 is 0 Å². The van der Waals surface area contributed by atoms with Gasteiger partial charge in [-0.1, -0.05) is 30.3 Å². The van der Waals surface area contributed by atoms with Gasteiger partial charge in [0.2, 0.25) is 0 Å². The van der Waals surface area contributed by atoms with E-state index in [1.54, 1.807) is 12.1 Å². The Morgan fingerprint density at radius 3 is 2.67 bits per heavy atom. The molecule has 0 fully saturated rings. The number of fused-ring (bicyclic) bond motifs is 1. The van der Waals surface area contributed by atoms with Crippen molar-refractivity contribution in [2.24, 2.45) is 0 Å². The van der Waals surface area contributed by atoms with Gasteiger partial charge in [-0.25, -0.2) is 0 Å².